The first-order chi connectivity index (χ1) is 10.5. The molecule has 1 aromatic rings. The second kappa shape index (κ2) is 6.71. The highest BCUT2D eigenvalue weighted by molar-refractivity contribution is 7.10. The second-order valence-corrected chi connectivity index (χ2v) is 8.31. The Kier molecular flexibility index (Phi) is 4.88. The molecule has 0 unspecified atom stereocenters. The van der Waals surface area contributed by atoms with Crippen molar-refractivity contribution in [3.63, 3.8) is 0 Å². The Bertz CT molecular complexity index is 521. The predicted molar refractivity (Wildman–Crippen MR) is 92.0 cm³/mol. The van der Waals surface area contributed by atoms with Gasteiger partial charge < -0.3 is 4.90 Å². The van der Waals surface area contributed by atoms with Gasteiger partial charge in [0.1, 0.15) is 0 Å². The van der Waals surface area contributed by atoms with Gasteiger partial charge in [-0.2, -0.15) is 0 Å². The van der Waals surface area contributed by atoms with E-state index < -0.39 is 0 Å². The molecular formula is C18H28N2OS. The van der Waals surface area contributed by atoms with Gasteiger partial charge in [-0.05, 0) is 48.6 Å². The summed E-state index contributed by atoms with van der Waals surface area (Å²) in [5.74, 6) is 1.67. The van der Waals surface area contributed by atoms with Gasteiger partial charge in [-0.15, -0.1) is 11.3 Å². The third-order valence-electron chi connectivity index (χ3n) is 5.06. The van der Waals surface area contributed by atoms with Crippen LogP contribution >= 0.6 is 11.3 Å². The Morgan fingerprint density at radius 3 is 2.73 bits per heavy atom. The molecule has 1 amide bonds. The van der Waals surface area contributed by atoms with Crippen LogP contribution in [0.4, 0.5) is 0 Å². The molecule has 0 radical (unpaired) electrons. The minimum atomic E-state index is 0.371. The average molecular weight is 321 g/mol. The van der Waals surface area contributed by atoms with E-state index in [0.29, 0.717) is 24.3 Å². The van der Waals surface area contributed by atoms with Crippen LogP contribution in [0.2, 0.25) is 0 Å². The zero-order valence-corrected chi connectivity index (χ0v) is 14.9. The van der Waals surface area contributed by atoms with E-state index in [4.69, 9.17) is 0 Å². The van der Waals surface area contributed by atoms with Crippen molar-refractivity contribution < 1.29 is 4.79 Å². The summed E-state index contributed by atoms with van der Waals surface area (Å²) in [4.78, 5) is 18.8. The highest BCUT2D eigenvalue weighted by atomic mass is 32.1. The first-order valence-corrected chi connectivity index (χ1v) is 9.47. The zero-order chi connectivity index (χ0) is 15.7. The quantitative estimate of drug-likeness (QED) is 0.828. The van der Waals surface area contributed by atoms with Crippen molar-refractivity contribution in [2.45, 2.75) is 52.6 Å². The first kappa shape index (κ1) is 16.0. The number of hydrogen-bond donors (Lipinski definition) is 0. The Balaban J connectivity index is 1.72. The molecule has 2 fully saturated rings. The summed E-state index contributed by atoms with van der Waals surface area (Å²) >= 11 is 1.84. The lowest BCUT2D eigenvalue weighted by molar-refractivity contribution is -0.133. The maximum Gasteiger partial charge on any atom is 0.224 e. The summed E-state index contributed by atoms with van der Waals surface area (Å²) in [6.07, 6.45) is 3.31. The molecule has 1 aliphatic carbocycles. The molecule has 3 nitrogen and oxygen atoms in total. The Morgan fingerprint density at radius 2 is 2.14 bits per heavy atom. The SMILES string of the molecule is Cc1ccsc1CN1CCC(=O)N(CC2CC2)[C@@H](C(C)C)C1. The van der Waals surface area contributed by atoms with Crippen molar-refractivity contribution in [1.82, 2.24) is 9.80 Å². The lowest BCUT2D eigenvalue weighted by atomic mass is 10.0. The molecule has 0 bridgehead atoms. The van der Waals surface area contributed by atoms with Gasteiger partial charge in [0.05, 0.1) is 0 Å². The number of thiophene rings is 1. The number of aryl methyl sites for hydroxylation is 1. The van der Waals surface area contributed by atoms with Crippen LogP contribution in [-0.4, -0.2) is 41.4 Å². The maximum absolute atomic E-state index is 12.6. The normalized spacial score (nSPS) is 24.1. The van der Waals surface area contributed by atoms with E-state index in [-0.39, 0.29) is 0 Å². The Morgan fingerprint density at radius 1 is 1.36 bits per heavy atom. The monoisotopic (exact) mass is 320 g/mol. The summed E-state index contributed by atoms with van der Waals surface area (Å²) in [5, 5.41) is 2.17. The third-order valence-corrected chi connectivity index (χ3v) is 6.07. The van der Waals surface area contributed by atoms with Gasteiger partial charge >= 0.3 is 0 Å². The standard InChI is InChI=1S/C18H28N2OS/c1-13(2)16-11-19(12-17-14(3)7-9-22-17)8-6-18(21)20(16)10-15-4-5-15/h7,9,13,15-16H,4-6,8,10-12H2,1-3H3/t16-/m1/s1. The fourth-order valence-electron chi connectivity index (χ4n) is 3.34. The van der Waals surface area contributed by atoms with Crippen molar-refractivity contribution in [2.24, 2.45) is 11.8 Å². The fourth-order valence-corrected chi connectivity index (χ4v) is 4.28. The minimum Gasteiger partial charge on any atom is -0.338 e. The molecule has 1 atom stereocenters. The molecular weight excluding hydrogens is 292 g/mol. The van der Waals surface area contributed by atoms with Crippen molar-refractivity contribution in [2.75, 3.05) is 19.6 Å². The van der Waals surface area contributed by atoms with E-state index in [1.807, 2.05) is 11.3 Å². The number of nitrogens with zero attached hydrogens (tertiary/aromatic N) is 2. The van der Waals surface area contributed by atoms with Crippen LogP contribution in [0.25, 0.3) is 0 Å². The average Bonchev–Trinajstić information content (AvgIpc) is 3.23. The minimum absolute atomic E-state index is 0.371. The van der Waals surface area contributed by atoms with E-state index in [9.17, 15) is 4.79 Å². The molecule has 2 aliphatic rings. The highest BCUT2D eigenvalue weighted by Gasteiger charge is 2.35. The van der Waals surface area contributed by atoms with Gasteiger partial charge in [0.25, 0.3) is 0 Å². The Hall–Kier alpha value is -0.870. The number of amides is 1. The molecule has 122 valence electrons. The summed E-state index contributed by atoms with van der Waals surface area (Å²) in [6.45, 7) is 10.6. The number of carbonyl (C=O) groups excluding carboxylic acids is 1. The predicted octanol–water partition coefficient (Wildman–Crippen LogP) is 3.53. The van der Waals surface area contributed by atoms with Crippen LogP contribution in [0.1, 0.15) is 43.6 Å². The molecule has 0 N–H and O–H groups in total. The van der Waals surface area contributed by atoms with Crippen LogP contribution in [-0.2, 0) is 11.3 Å². The second-order valence-electron chi connectivity index (χ2n) is 7.31. The van der Waals surface area contributed by atoms with Gasteiger partial charge in [-0.1, -0.05) is 13.8 Å². The van der Waals surface area contributed by atoms with Crippen LogP contribution in [0.15, 0.2) is 11.4 Å². The van der Waals surface area contributed by atoms with Crippen molar-refractivity contribution >= 4 is 17.2 Å². The Labute approximate surface area is 138 Å². The molecule has 2 heterocycles. The smallest absolute Gasteiger partial charge is 0.224 e. The van der Waals surface area contributed by atoms with Crippen molar-refractivity contribution in [3.05, 3.63) is 21.9 Å². The van der Waals surface area contributed by atoms with Gasteiger partial charge in [-0.3, -0.25) is 9.69 Å². The fraction of sp³-hybridized carbons (Fsp3) is 0.722. The molecule has 1 aromatic heterocycles. The molecule has 0 aromatic carbocycles. The van der Waals surface area contributed by atoms with Crippen LogP contribution in [0.5, 0.6) is 0 Å². The number of rotatable bonds is 5. The summed E-state index contributed by atoms with van der Waals surface area (Å²) < 4.78 is 0. The number of hydrogen-bond acceptors (Lipinski definition) is 3. The van der Waals surface area contributed by atoms with Crippen LogP contribution in [0.3, 0.4) is 0 Å². The van der Waals surface area contributed by atoms with E-state index in [2.05, 4.69) is 42.0 Å². The van der Waals surface area contributed by atoms with Crippen LogP contribution in [0, 0.1) is 18.8 Å². The molecule has 1 saturated carbocycles. The van der Waals surface area contributed by atoms with Crippen molar-refractivity contribution in [1.29, 1.82) is 0 Å². The van der Waals surface area contributed by atoms with E-state index in [0.717, 1.165) is 32.1 Å². The summed E-state index contributed by atoms with van der Waals surface area (Å²) in [5.41, 5.74) is 1.39. The van der Waals surface area contributed by atoms with Gasteiger partial charge in [0, 0.05) is 43.5 Å². The summed E-state index contributed by atoms with van der Waals surface area (Å²) in [7, 11) is 0. The summed E-state index contributed by atoms with van der Waals surface area (Å²) in [6, 6.07) is 2.57. The van der Waals surface area contributed by atoms with Gasteiger partial charge in [-0.25, -0.2) is 0 Å². The first-order valence-electron chi connectivity index (χ1n) is 8.59. The van der Waals surface area contributed by atoms with Gasteiger partial charge in [0.15, 0.2) is 0 Å². The number of carbonyl (C=O) groups is 1. The largest absolute Gasteiger partial charge is 0.338 e. The topological polar surface area (TPSA) is 23.6 Å². The molecule has 3 rings (SSSR count). The molecule has 22 heavy (non-hydrogen) atoms. The lowest BCUT2D eigenvalue weighted by Crippen LogP contribution is -2.47. The molecule has 0 spiro atoms. The third kappa shape index (κ3) is 3.72. The van der Waals surface area contributed by atoms with E-state index in [1.54, 1.807) is 0 Å². The zero-order valence-electron chi connectivity index (χ0n) is 14.0. The van der Waals surface area contributed by atoms with Crippen LogP contribution < -0.4 is 0 Å². The van der Waals surface area contributed by atoms with Gasteiger partial charge in [0.2, 0.25) is 5.91 Å². The maximum atomic E-state index is 12.6. The van der Waals surface area contributed by atoms with Crippen molar-refractivity contribution in [3.8, 4) is 0 Å². The van der Waals surface area contributed by atoms with E-state index >= 15 is 0 Å². The molecule has 1 aliphatic heterocycles. The molecule has 1 saturated heterocycles. The van der Waals surface area contributed by atoms with E-state index in [1.165, 1.54) is 23.3 Å². The molecule has 4 heteroatoms. The highest BCUT2D eigenvalue weighted by Crippen LogP contribution is 2.32. The lowest BCUT2D eigenvalue weighted by Gasteiger charge is -2.35.